The molecule has 0 aliphatic heterocycles. The van der Waals surface area contributed by atoms with E-state index in [-0.39, 0.29) is 44.6 Å². The van der Waals surface area contributed by atoms with E-state index in [1.165, 1.54) is 18.8 Å². The maximum atomic E-state index is 13.0. The van der Waals surface area contributed by atoms with Crippen molar-refractivity contribution in [2.24, 2.45) is 0 Å². The van der Waals surface area contributed by atoms with Gasteiger partial charge in [-0.15, -0.1) is 0 Å². The Hall–Kier alpha value is -4.62. The molecule has 11 nitrogen and oxygen atoms in total. The number of hydrogen-bond donors (Lipinski definition) is 0. The normalized spacial score (nSPS) is 12.6. The van der Waals surface area contributed by atoms with E-state index in [1.807, 2.05) is 91.0 Å². The van der Waals surface area contributed by atoms with Crippen molar-refractivity contribution in [2.75, 3.05) is 40.3 Å². The van der Waals surface area contributed by atoms with Crippen LogP contribution in [0.1, 0.15) is 41.5 Å². The Labute approximate surface area is 287 Å². The lowest BCUT2D eigenvalue weighted by Crippen LogP contribution is -2.37. The molecule has 0 radical (unpaired) electrons. The first-order valence-electron chi connectivity index (χ1n) is 15.8. The summed E-state index contributed by atoms with van der Waals surface area (Å²) in [5.41, 5.74) is 1.74. The Morgan fingerprint density at radius 3 is 1.98 bits per heavy atom. The van der Waals surface area contributed by atoms with E-state index in [9.17, 15) is 18.0 Å². The van der Waals surface area contributed by atoms with Crippen LogP contribution in [0.25, 0.3) is 6.08 Å². The molecule has 0 saturated carbocycles. The first kappa shape index (κ1) is 37.2. The minimum atomic E-state index is -3.66. The minimum Gasteiger partial charge on any atom is -0.480 e. The average molecular weight is 691 g/mol. The van der Waals surface area contributed by atoms with Gasteiger partial charge in [-0.3, -0.25) is 13.5 Å². The first-order chi connectivity index (χ1) is 23.7. The molecule has 0 unspecified atom stereocenters. The van der Waals surface area contributed by atoms with Gasteiger partial charge in [0.2, 0.25) is 5.88 Å². The van der Waals surface area contributed by atoms with E-state index >= 15 is 0 Å². The molecule has 1 aromatic heterocycles. The monoisotopic (exact) mass is 690 g/mol. The molecule has 0 fully saturated rings. The van der Waals surface area contributed by atoms with Gasteiger partial charge in [0.25, 0.3) is 10.1 Å². The summed E-state index contributed by atoms with van der Waals surface area (Å²) in [5, 5.41) is 0. The Morgan fingerprint density at radius 1 is 0.898 bits per heavy atom. The molecule has 0 bridgehead atoms. The number of aryl methyl sites for hydroxylation is 1. The van der Waals surface area contributed by atoms with Crippen LogP contribution in [0.3, 0.4) is 0 Å². The van der Waals surface area contributed by atoms with Crippen molar-refractivity contribution >= 4 is 22.2 Å². The highest BCUT2D eigenvalue weighted by atomic mass is 32.2. The molecule has 0 N–H and O–H groups in total. The number of ether oxygens (including phenoxy) is 4. The highest BCUT2D eigenvalue weighted by Crippen LogP contribution is 2.40. The van der Waals surface area contributed by atoms with Gasteiger partial charge in [-0.2, -0.15) is 13.4 Å². The summed E-state index contributed by atoms with van der Waals surface area (Å²) in [6.45, 7) is 0.0755. The van der Waals surface area contributed by atoms with Gasteiger partial charge in [0, 0.05) is 19.2 Å². The second kappa shape index (κ2) is 18.2. The standard InChI is InChI=1S/C37H42N2O9S/c1-44-34(40)22-14-13-15-29-27-39(36(41)38-35(29)45-2)24-23-33(46-25-26-48-49(3,42)43)28-47-37(30-16-7-4-8-17-30,31-18-9-5-10-19-31)32-20-11-6-12-21-32/h4-13,15-21,27,33H,14,22-26,28H2,1-3H3/b15-13+/t33-/m0/s1. The van der Waals surface area contributed by atoms with Crippen LogP contribution in [0.2, 0.25) is 0 Å². The number of rotatable bonds is 19. The van der Waals surface area contributed by atoms with Crippen LogP contribution in [-0.2, 0) is 45.5 Å². The summed E-state index contributed by atoms with van der Waals surface area (Å²) in [6, 6.07) is 29.7. The highest BCUT2D eigenvalue weighted by molar-refractivity contribution is 7.85. The molecule has 260 valence electrons. The Balaban J connectivity index is 1.64. The molecule has 0 saturated heterocycles. The predicted octanol–water partition coefficient (Wildman–Crippen LogP) is 4.98. The second-order valence-electron chi connectivity index (χ2n) is 11.1. The molecule has 3 aromatic carbocycles. The summed E-state index contributed by atoms with van der Waals surface area (Å²) < 4.78 is 52.7. The third kappa shape index (κ3) is 10.7. The van der Waals surface area contributed by atoms with Crippen molar-refractivity contribution in [3.05, 3.63) is 136 Å². The van der Waals surface area contributed by atoms with Crippen LogP contribution in [-0.4, -0.2) is 70.3 Å². The third-order valence-corrected chi connectivity index (χ3v) is 8.27. The quantitative estimate of drug-likeness (QED) is 0.0575. The van der Waals surface area contributed by atoms with E-state index < -0.39 is 27.5 Å². The first-order valence-corrected chi connectivity index (χ1v) is 17.6. The number of methoxy groups -OCH3 is 2. The lowest BCUT2D eigenvalue weighted by atomic mass is 9.80. The molecule has 0 amide bonds. The molecule has 0 aliphatic carbocycles. The van der Waals surface area contributed by atoms with Gasteiger partial charge in [0.1, 0.15) is 5.60 Å². The Bertz CT molecular complexity index is 1720. The summed E-state index contributed by atoms with van der Waals surface area (Å²) in [7, 11) is -0.902. The van der Waals surface area contributed by atoms with E-state index in [0.717, 1.165) is 22.9 Å². The van der Waals surface area contributed by atoms with E-state index in [0.29, 0.717) is 18.4 Å². The van der Waals surface area contributed by atoms with E-state index in [2.05, 4.69) is 9.72 Å². The van der Waals surface area contributed by atoms with Gasteiger partial charge in [0.05, 0.1) is 52.0 Å². The van der Waals surface area contributed by atoms with Crippen molar-refractivity contribution in [2.45, 2.75) is 37.5 Å². The SMILES string of the molecule is COC(=O)CC/C=C/c1cn(CC[C@@H](COC(c2ccccc2)(c2ccccc2)c2ccccc2)OCCOS(C)(=O)=O)c(=O)nc1OC. The zero-order valence-electron chi connectivity index (χ0n) is 27.9. The van der Waals surface area contributed by atoms with Crippen LogP contribution in [0.4, 0.5) is 0 Å². The summed E-state index contributed by atoms with van der Waals surface area (Å²) in [5.74, 6) is -0.172. The van der Waals surface area contributed by atoms with Crippen LogP contribution in [0, 0.1) is 0 Å². The fraction of sp³-hybridized carbons (Fsp3) is 0.324. The maximum absolute atomic E-state index is 13.0. The summed E-state index contributed by atoms with van der Waals surface area (Å²) >= 11 is 0. The molecular weight excluding hydrogens is 648 g/mol. The van der Waals surface area contributed by atoms with E-state index in [1.54, 1.807) is 18.3 Å². The van der Waals surface area contributed by atoms with Gasteiger partial charge in [-0.05, 0) is 29.5 Å². The minimum absolute atomic E-state index is 0.0277. The number of allylic oxidation sites excluding steroid dienone is 1. The molecule has 1 heterocycles. The van der Waals surface area contributed by atoms with Crippen molar-refractivity contribution in [1.29, 1.82) is 0 Å². The topological polar surface area (TPSA) is 132 Å². The number of esters is 1. The van der Waals surface area contributed by atoms with Gasteiger partial charge in [-0.1, -0.05) is 103 Å². The van der Waals surface area contributed by atoms with Crippen molar-refractivity contribution in [3.8, 4) is 5.88 Å². The van der Waals surface area contributed by atoms with E-state index in [4.69, 9.17) is 18.4 Å². The van der Waals surface area contributed by atoms with Crippen molar-refractivity contribution < 1.29 is 36.3 Å². The van der Waals surface area contributed by atoms with Gasteiger partial charge in [-0.25, -0.2) is 4.79 Å². The molecule has 1 atom stereocenters. The van der Waals surface area contributed by atoms with Crippen LogP contribution in [0.15, 0.2) is 108 Å². The number of hydrogen-bond acceptors (Lipinski definition) is 10. The van der Waals surface area contributed by atoms with Gasteiger partial charge < -0.3 is 18.9 Å². The fourth-order valence-corrected chi connectivity index (χ4v) is 5.70. The largest absolute Gasteiger partial charge is 0.480 e. The maximum Gasteiger partial charge on any atom is 0.350 e. The van der Waals surface area contributed by atoms with Gasteiger partial charge >= 0.3 is 11.7 Å². The van der Waals surface area contributed by atoms with Crippen LogP contribution in [0.5, 0.6) is 5.88 Å². The average Bonchev–Trinajstić information content (AvgIpc) is 3.12. The highest BCUT2D eigenvalue weighted by Gasteiger charge is 2.38. The van der Waals surface area contributed by atoms with Gasteiger partial charge in [0.15, 0.2) is 0 Å². The zero-order valence-corrected chi connectivity index (χ0v) is 28.7. The lowest BCUT2D eigenvalue weighted by molar-refractivity contribution is -0.140. The summed E-state index contributed by atoms with van der Waals surface area (Å²) in [6.07, 6.45) is 6.49. The number of nitrogens with zero attached hydrogens (tertiary/aromatic N) is 2. The number of benzene rings is 3. The molecule has 4 rings (SSSR count). The van der Waals surface area contributed by atoms with Crippen molar-refractivity contribution in [1.82, 2.24) is 9.55 Å². The third-order valence-electron chi connectivity index (χ3n) is 7.67. The number of carbonyl (C=O) groups is 1. The van der Waals surface area contributed by atoms with Crippen LogP contribution >= 0.6 is 0 Å². The lowest BCUT2D eigenvalue weighted by Gasteiger charge is -2.37. The van der Waals surface area contributed by atoms with Crippen molar-refractivity contribution in [3.63, 3.8) is 0 Å². The smallest absolute Gasteiger partial charge is 0.350 e. The Kier molecular flexibility index (Phi) is 13.8. The fourth-order valence-electron chi connectivity index (χ4n) is 5.33. The number of carbonyl (C=O) groups excluding carboxylic acids is 1. The molecular formula is C37H42N2O9S. The number of aromatic nitrogens is 2. The second-order valence-corrected chi connectivity index (χ2v) is 12.7. The molecule has 0 aliphatic rings. The molecule has 4 aromatic rings. The predicted molar refractivity (Wildman–Crippen MR) is 186 cm³/mol. The molecule has 49 heavy (non-hydrogen) atoms. The molecule has 0 spiro atoms. The summed E-state index contributed by atoms with van der Waals surface area (Å²) in [4.78, 5) is 28.6. The Morgan fingerprint density at radius 2 is 1.47 bits per heavy atom. The molecule has 12 heteroatoms. The van der Waals surface area contributed by atoms with Crippen LogP contribution < -0.4 is 10.4 Å². The zero-order chi connectivity index (χ0) is 35.1.